The molecule has 2 atom stereocenters. The summed E-state index contributed by atoms with van der Waals surface area (Å²) >= 11 is 6.62. The highest BCUT2D eigenvalue weighted by atomic mass is 35.5. The van der Waals surface area contributed by atoms with Crippen LogP contribution in [-0.2, 0) is 17.8 Å². The van der Waals surface area contributed by atoms with Crippen LogP contribution in [0.3, 0.4) is 0 Å². The molecule has 2 saturated heterocycles. The van der Waals surface area contributed by atoms with Crippen LogP contribution in [0.25, 0.3) is 15.9 Å². The first-order valence-electron chi connectivity index (χ1n) is 16.7. The quantitative estimate of drug-likeness (QED) is 0.167. The summed E-state index contributed by atoms with van der Waals surface area (Å²) in [6.07, 6.45) is 0.333. The van der Waals surface area contributed by atoms with Crippen LogP contribution in [0.1, 0.15) is 47.9 Å². The molecular weight excluding hydrogens is 684 g/mol. The molecule has 266 valence electrons. The fourth-order valence-corrected chi connectivity index (χ4v) is 7.13. The summed E-state index contributed by atoms with van der Waals surface area (Å²) in [4.78, 5) is 50.5. The SMILES string of the molecule is [C-]#[N+]c1cc(Cl)c(Nc2ccc3c(c2)n(CCC(C)(C)O)c(=O)n3CC2COC2)nc1N1C[C@H](C)C(F)(F)[C@H](N2C(=O)c3ccccc3C2=O)C1. The Bertz CT molecular complexity index is 2130. The number of aliphatic hydroxyl groups is 1. The molecule has 3 aliphatic heterocycles. The predicted molar refractivity (Wildman–Crippen MR) is 187 cm³/mol. The lowest BCUT2D eigenvalue weighted by Gasteiger charge is -2.45. The molecule has 2 aromatic heterocycles. The van der Waals surface area contributed by atoms with Gasteiger partial charge in [-0.15, -0.1) is 0 Å². The summed E-state index contributed by atoms with van der Waals surface area (Å²) in [6.45, 7) is 13.8. The molecule has 2 aromatic carbocycles. The Balaban J connectivity index is 1.23. The average Bonchev–Trinajstić information content (AvgIpc) is 3.47. The van der Waals surface area contributed by atoms with E-state index in [1.165, 1.54) is 30.0 Å². The molecule has 0 saturated carbocycles. The standard InChI is InChI=1S/C36H36ClF2N7O5/c1-20-15-43(17-29(36(20,38)39)46-32(47)23-7-5-6-8-24(23)33(46)48)31-26(40-4)14-25(37)30(42-31)41-22-9-10-27-28(13-22)44(12-11-35(2,3)50)34(49)45(27)16-21-18-51-19-21/h5-10,13-14,20-21,29,50H,11-12,15-19H2,1-3H3,(H,41,42)/t20-,29+/m0/s1. The third kappa shape index (κ3) is 6.13. The fraction of sp³-hybridized carbons (Fsp3) is 0.417. The van der Waals surface area contributed by atoms with Gasteiger partial charge in [-0.25, -0.2) is 23.4 Å². The van der Waals surface area contributed by atoms with E-state index >= 15 is 8.78 Å². The van der Waals surface area contributed by atoms with Crippen LogP contribution in [0.4, 0.5) is 31.8 Å². The number of rotatable bonds is 9. The number of amides is 2. The van der Waals surface area contributed by atoms with Crippen LogP contribution >= 0.6 is 11.6 Å². The molecule has 51 heavy (non-hydrogen) atoms. The third-order valence-corrected chi connectivity index (χ3v) is 10.1. The molecule has 15 heteroatoms. The van der Waals surface area contributed by atoms with E-state index in [9.17, 15) is 19.5 Å². The van der Waals surface area contributed by atoms with E-state index in [2.05, 4.69) is 15.1 Å². The monoisotopic (exact) mass is 719 g/mol. The first-order chi connectivity index (χ1) is 24.2. The van der Waals surface area contributed by atoms with Crippen molar-refractivity contribution >= 4 is 57.5 Å². The number of nitrogens with one attached hydrogen (secondary N) is 1. The molecule has 0 aliphatic carbocycles. The number of imidazole rings is 1. The second-order valence-electron chi connectivity index (χ2n) is 14.1. The molecule has 12 nitrogen and oxygen atoms in total. The first kappa shape index (κ1) is 34.6. The molecule has 0 unspecified atom stereocenters. The highest BCUT2D eigenvalue weighted by molar-refractivity contribution is 6.33. The van der Waals surface area contributed by atoms with Crippen molar-refractivity contribution in [2.24, 2.45) is 11.8 Å². The van der Waals surface area contributed by atoms with Gasteiger partial charge < -0.3 is 20.1 Å². The summed E-state index contributed by atoms with van der Waals surface area (Å²) in [5.41, 5.74) is 0.781. The zero-order valence-electron chi connectivity index (χ0n) is 28.2. The number of aryl methyl sites for hydroxylation is 1. The maximum absolute atomic E-state index is 15.9. The normalized spacial score (nSPS) is 20.4. The Hall–Kier alpha value is -4.84. The highest BCUT2D eigenvalue weighted by Gasteiger charge is 2.57. The lowest BCUT2D eigenvalue weighted by Crippen LogP contribution is -2.63. The molecule has 0 spiro atoms. The molecule has 5 heterocycles. The van der Waals surface area contributed by atoms with E-state index in [4.69, 9.17) is 22.9 Å². The van der Waals surface area contributed by atoms with Gasteiger partial charge in [0.25, 0.3) is 17.7 Å². The number of fused-ring (bicyclic) bond motifs is 2. The summed E-state index contributed by atoms with van der Waals surface area (Å²) in [6, 6.07) is 10.9. The number of hydrogen-bond donors (Lipinski definition) is 2. The van der Waals surface area contributed by atoms with Crippen molar-refractivity contribution in [2.45, 2.75) is 57.8 Å². The van der Waals surface area contributed by atoms with Crippen molar-refractivity contribution in [3.05, 3.63) is 86.6 Å². The predicted octanol–water partition coefficient (Wildman–Crippen LogP) is 5.71. The summed E-state index contributed by atoms with van der Waals surface area (Å²) < 4.78 is 40.4. The number of hydrogen-bond acceptors (Lipinski definition) is 8. The largest absolute Gasteiger partial charge is 0.390 e. The number of aromatic nitrogens is 3. The smallest absolute Gasteiger partial charge is 0.329 e. The first-order valence-corrected chi connectivity index (χ1v) is 17.0. The van der Waals surface area contributed by atoms with Crippen molar-refractivity contribution in [2.75, 3.05) is 36.5 Å². The minimum Gasteiger partial charge on any atom is -0.390 e. The molecule has 2 amide bonds. The molecule has 0 radical (unpaired) electrons. The maximum atomic E-state index is 15.9. The minimum atomic E-state index is -3.42. The average molecular weight is 720 g/mol. The third-order valence-electron chi connectivity index (χ3n) is 9.86. The van der Waals surface area contributed by atoms with Crippen LogP contribution in [0.2, 0.25) is 5.02 Å². The van der Waals surface area contributed by atoms with E-state index in [-0.39, 0.29) is 58.2 Å². The van der Waals surface area contributed by atoms with E-state index in [1.807, 2.05) is 6.07 Å². The number of ether oxygens (including phenoxy) is 1. The number of carbonyl (C=O) groups excluding carboxylic acids is 2. The number of benzene rings is 2. The number of halogens is 3. The van der Waals surface area contributed by atoms with Gasteiger partial charge in [0.1, 0.15) is 17.7 Å². The highest BCUT2D eigenvalue weighted by Crippen LogP contribution is 2.43. The number of carbonyl (C=O) groups is 2. The van der Waals surface area contributed by atoms with E-state index in [0.717, 1.165) is 0 Å². The summed E-state index contributed by atoms with van der Waals surface area (Å²) in [5.74, 6) is -5.91. The number of imide groups is 1. The Morgan fingerprint density at radius 1 is 1.06 bits per heavy atom. The molecule has 2 N–H and O–H groups in total. The van der Waals surface area contributed by atoms with Gasteiger partial charge in [0.2, 0.25) is 5.69 Å². The Morgan fingerprint density at radius 2 is 1.75 bits per heavy atom. The Labute approximate surface area is 297 Å². The zero-order valence-corrected chi connectivity index (χ0v) is 29.0. The van der Waals surface area contributed by atoms with Crippen LogP contribution in [0.5, 0.6) is 0 Å². The Morgan fingerprint density at radius 3 is 2.35 bits per heavy atom. The van der Waals surface area contributed by atoms with Crippen molar-refractivity contribution < 1.29 is 28.2 Å². The van der Waals surface area contributed by atoms with Gasteiger partial charge >= 0.3 is 5.69 Å². The van der Waals surface area contributed by atoms with E-state index in [0.29, 0.717) is 47.8 Å². The Kier molecular flexibility index (Phi) is 8.64. The molecule has 4 aromatic rings. The fourth-order valence-electron chi connectivity index (χ4n) is 6.94. The number of anilines is 3. The molecule has 7 rings (SSSR count). The van der Waals surface area contributed by atoms with Gasteiger partial charge in [0, 0.05) is 43.7 Å². The number of nitrogens with zero attached hydrogens (tertiary/aromatic N) is 6. The second kappa shape index (κ2) is 12.7. The van der Waals surface area contributed by atoms with Gasteiger partial charge in [0.15, 0.2) is 0 Å². The van der Waals surface area contributed by atoms with E-state index in [1.54, 1.807) is 47.2 Å². The van der Waals surface area contributed by atoms with Gasteiger partial charge in [0.05, 0.1) is 52.6 Å². The summed E-state index contributed by atoms with van der Waals surface area (Å²) in [7, 11) is 0. The van der Waals surface area contributed by atoms with Crippen molar-refractivity contribution in [3.8, 4) is 0 Å². The van der Waals surface area contributed by atoms with Crippen LogP contribution in [0, 0.1) is 18.4 Å². The lowest BCUT2D eigenvalue weighted by molar-refractivity contribution is -0.111. The molecular formula is C36H36ClF2N7O5. The van der Waals surface area contributed by atoms with Crippen LogP contribution in [-0.4, -0.2) is 79.8 Å². The maximum Gasteiger partial charge on any atom is 0.329 e. The van der Waals surface area contributed by atoms with Crippen molar-refractivity contribution in [1.29, 1.82) is 0 Å². The van der Waals surface area contributed by atoms with E-state index < -0.39 is 41.8 Å². The van der Waals surface area contributed by atoms with Crippen LogP contribution < -0.4 is 15.9 Å². The van der Waals surface area contributed by atoms with Gasteiger partial charge in [-0.3, -0.25) is 23.6 Å². The lowest BCUT2D eigenvalue weighted by atomic mass is 9.89. The van der Waals surface area contributed by atoms with Gasteiger partial charge in [-0.2, -0.15) is 0 Å². The summed E-state index contributed by atoms with van der Waals surface area (Å²) in [5, 5.41) is 13.7. The molecule has 2 fully saturated rings. The minimum absolute atomic E-state index is 0.0111. The number of alkyl halides is 2. The second-order valence-corrected chi connectivity index (χ2v) is 14.5. The van der Waals surface area contributed by atoms with Crippen LogP contribution in [0.15, 0.2) is 53.3 Å². The van der Waals surface area contributed by atoms with Crippen molar-refractivity contribution in [3.63, 3.8) is 0 Å². The number of pyridine rings is 1. The molecule has 3 aliphatic rings. The van der Waals surface area contributed by atoms with Gasteiger partial charge in [-0.1, -0.05) is 30.7 Å². The topological polar surface area (TPSA) is 126 Å². The molecule has 0 bridgehead atoms. The van der Waals surface area contributed by atoms with Crippen molar-refractivity contribution in [1.82, 2.24) is 19.0 Å². The van der Waals surface area contributed by atoms with Gasteiger partial charge in [-0.05, 0) is 56.7 Å². The zero-order chi connectivity index (χ0) is 36.4. The number of piperidine rings is 1.